The summed E-state index contributed by atoms with van der Waals surface area (Å²) in [5.74, 6) is -8.12. The van der Waals surface area contributed by atoms with Gasteiger partial charge in [-0.2, -0.15) is 0 Å². The molecule has 4 rings (SSSR count). The third kappa shape index (κ3) is 17.7. The van der Waals surface area contributed by atoms with Crippen LogP contribution in [0.2, 0.25) is 0 Å². The number of nitrogens with two attached hydrogens (primary N) is 2. The lowest BCUT2D eigenvalue weighted by atomic mass is 9.96. The van der Waals surface area contributed by atoms with Crippen LogP contribution in [0.5, 0.6) is 5.75 Å². The Labute approximate surface area is 414 Å². The molecular formula is C49H62N10O13. The van der Waals surface area contributed by atoms with Gasteiger partial charge in [0.25, 0.3) is 0 Å². The second kappa shape index (κ2) is 28.5. The number of fused-ring (bicyclic) bond motifs is 1. The van der Waals surface area contributed by atoms with Crippen LogP contribution in [-0.2, 0) is 51.2 Å². The van der Waals surface area contributed by atoms with E-state index in [2.05, 4.69) is 42.2 Å². The van der Waals surface area contributed by atoms with Crippen LogP contribution < -0.4 is 53.4 Å². The fraction of sp³-hybridized carbons (Fsp3) is 0.367. The number of methoxy groups -OCH3 is 1. The molecule has 15 N–H and O–H groups in total. The van der Waals surface area contributed by atoms with Crippen LogP contribution in [0.1, 0.15) is 42.4 Å². The molecule has 0 aliphatic rings. The van der Waals surface area contributed by atoms with E-state index in [0.717, 1.165) is 16.3 Å². The van der Waals surface area contributed by atoms with E-state index in [0.29, 0.717) is 16.9 Å². The van der Waals surface area contributed by atoms with Crippen molar-refractivity contribution in [1.29, 1.82) is 0 Å². The Balaban J connectivity index is 1.40. The summed E-state index contributed by atoms with van der Waals surface area (Å²) in [6.07, 6.45) is 0.0399. The number of rotatable bonds is 28. The van der Waals surface area contributed by atoms with Gasteiger partial charge in [-0.3, -0.25) is 38.6 Å². The van der Waals surface area contributed by atoms with Crippen LogP contribution in [0.4, 0.5) is 0 Å². The first-order valence-electron chi connectivity index (χ1n) is 22.8. The lowest BCUT2D eigenvalue weighted by Gasteiger charge is -2.25. The predicted molar refractivity (Wildman–Crippen MR) is 263 cm³/mol. The summed E-state index contributed by atoms with van der Waals surface area (Å²) < 4.78 is 5.32. The largest absolute Gasteiger partial charge is 0.497 e. The van der Waals surface area contributed by atoms with Crippen LogP contribution in [0.15, 0.2) is 102 Å². The maximum atomic E-state index is 14.2. The van der Waals surface area contributed by atoms with Crippen LogP contribution >= 0.6 is 0 Å². The smallest absolute Gasteiger partial charge is 0.326 e. The molecule has 7 unspecified atom stereocenters. The molecule has 23 heteroatoms. The second-order valence-corrected chi connectivity index (χ2v) is 16.6. The molecule has 23 nitrogen and oxygen atoms in total. The molecule has 4 aromatic carbocycles. The minimum atomic E-state index is -1.80. The van der Waals surface area contributed by atoms with Gasteiger partial charge in [0, 0.05) is 19.4 Å². The van der Waals surface area contributed by atoms with Gasteiger partial charge in [0.15, 0.2) is 5.96 Å². The number of amides is 7. The Hall–Kier alpha value is -8.15. The molecule has 0 aromatic heterocycles. The standard InChI is InChI=1S/C49H62N10O13/c1-28(31-15-16-33-23-34(72-2)18-17-32(33)22-31)42(64)56-37(21-30-12-7-4-8-13-30)44(66)57-36(20-29-10-5-3-6-11-29)43(65)53-24-41(63)54-38(25-60)45(67)58-40(27-62)47(69)59-39(26-61)46(68)55-35(48(70)71)14-9-19-52-49(50)51/h3-8,10-13,15-18,22-23,28,35-40,60-62H,9,14,19-21,24-27H2,1-2H3,(H,53,65)(H,54,63)(H,55,68)(H,56,64)(H,57,66)(H,58,67)(H,59,69)(H,70,71)(H4,50,51,52). The number of nitrogens with zero attached hydrogens (tertiary/aromatic N) is 1. The number of aliphatic hydroxyl groups excluding tert-OH is 3. The minimum Gasteiger partial charge on any atom is -0.497 e. The monoisotopic (exact) mass is 998 g/mol. The molecule has 0 aliphatic heterocycles. The van der Waals surface area contributed by atoms with Crippen LogP contribution in [0.3, 0.4) is 0 Å². The van der Waals surface area contributed by atoms with Gasteiger partial charge in [-0.25, -0.2) is 4.79 Å². The number of hydrogen-bond donors (Lipinski definition) is 13. The highest BCUT2D eigenvalue weighted by Crippen LogP contribution is 2.25. The molecule has 0 aliphatic carbocycles. The lowest BCUT2D eigenvalue weighted by Crippen LogP contribution is -2.60. The average molecular weight is 999 g/mol. The molecule has 72 heavy (non-hydrogen) atoms. The zero-order valence-electron chi connectivity index (χ0n) is 39.7. The van der Waals surface area contributed by atoms with Gasteiger partial charge >= 0.3 is 5.97 Å². The number of carboxylic acid groups (broad SMARTS) is 1. The van der Waals surface area contributed by atoms with E-state index < -0.39 is 116 Å². The number of nitrogens with one attached hydrogen (secondary N) is 7. The first-order valence-corrected chi connectivity index (χ1v) is 22.8. The van der Waals surface area contributed by atoms with Crippen molar-refractivity contribution in [1.82, 2.24) is 37.2 Å². The molecule has 0 heterocycles. The summed E-state index contributed by atoms with van der Waals surface area (Å²) in [5, 5.41) is 57.6. The zero-order chi connectivity index (χ0) is 52.7. The third-order valence-electron chi connectivity index (χ3n) is 11.2. The van der Waals surface area contributed by atoms with Crippen molar-refractivity contribution >= 4 is 64.1 Å². The quantitative estimate of drug-likeness (QED) is 0.0160. The molecule has 7 atom stereocenters. The molecular weight excluding hydrogens is 937 g/mol. The first-order chi connectivity index (χ1) is 34.5. The Kier molecular flexibility index (Phi) is 22.3. The Morgan fingerprint density at radius 1 is 0.569 bits per heavy atom. The number of hydrogen-bond acceptors (Lipinski definition) is 13. The highest BCUT2D eigenvalue weighted by molar-refractivity contribution is 5.97. The fourth-order valence-electron chi connectivity index (χ4n) is 7.17. The third-order valence-corrected chi connectivity index (χ3v) is 11.2. The first kappa shape index (κ1) is 56.4. The average Bonchev–Trinajstić information content (AvgIpc) is 3.37. The number of guanidine groups is 1. The van der Waals surface area contributed by atoms with Gasteiger partial charge in [0.05, 0.1) is 39.4 Å². The molecule has 7 amide bonds. The van der Waals surface area contributed by atoms with Gasteiger partial charge in [0.2, 0.25) is 41.4 Å². The SMILES string of the molecule is COc1ccc2cc(C(C)C(=O)NC(Cc3ccccc3)C(=O)NC(Cc3ccccc3)C(=O)NCC(=O)NC(CO)C(=O)NC(CO)C(=O)NC(CO)C(=O)NC(CCCN=C(N)N)C(=O)O)ccc2c1. The van der Waals surface area contributed by atoms with Crippen LogP contribution in [0, 0.1) is 0 Å². The zero-order valence-corrected chi connectivity index (χ0v) is 39.7. The van der Waals surface area contributed by atoms with Crippen molar-refractivity contribution in [2.24, 2.45) is 16.5 Å². The highest BCUT2D eigenvalue weighted by atomic mass is 16.5. The maximum Gasteiger partial charge on any atom is 0.326 e. The molecule has 0 saturated carbocycles. The topological polar surface area (TPSA) is 375 Å². The maximum absolute atomic E-state index is 14.2. The van der Waals surface area contributed by atoms with E-state index in [1.807, 2.05) is 36.4 Å². The van der Waals surface area contributed by atoms with E-state index in [1.165, 1.54) is 0 Å². The van der Waals surface area contributed by atoms with E-state index in [9.17, 15) is 58.8 Å². The van der Waals surface area contributed by atoms with Crippen molar-refractivity contribution in [3.63, 3.8) is 0 Å². The number of carboxylic acids is 1. The van der Waals surface area contributed by atoms with Gasteiger partial charge < -0.3 is 73.8 Å². The summed E-state index contributed by atoms with van der Waals surface area (Å²) in [7, 11) is 1.57. The van der Waals surface area contributed by atoms with Gasteiger partial charge in [-0.1, -0.05) is 84.9 Å². The second-order valence-electron chi connectivity index (χ2n) is 16.6. The van der Waals surface area contributed by atoms with Crippen molar-refractivity contribution in [2.75, 3.05) is 40.0 Å². The predicted octanol–water partition coefficient (Wildman–Crippen LogP) is -2.42. The van der Waals surface area contributed by atoms with Gasteiger partial charge in [-0.15, -0.1) is 0 Å². The van der Waals surface area contributed by atoms with E-state index in [-0.39, 0.29) is 38.2 Å². The number of carbonyl (C=O) groups excluding carboxylic acids is 7. The number of carbonyl (C=O) groups is 8. The number of ether oxygens (including phenoxy) is 1. The lowest BCUT2D eigenvalue weighted by molar-refractivity contribution is -0.143. The van der Waals surface area contributed by atoms with Crippen molar-refractivity contribution in [3.8, 4) is 5.75 Å². The Morgan fingerprint density at radius 2 is 1.03 bits per heavy atom. The van der Waals surface area contributed by atoms with E-state index >= 15 is 0 Å². The molecule has 4 aromatic rings. The summed E-state index contributed by atoms with van der Waals surface area (Å²) in [4.78, 5) is 109. The van der Waals surface area contributed by atoms with Crippen LogP contribution in [-0.4, -0.2) is 150 Å². The van der Waals surface area contributed by atoms with Crippen LogP contribution in [0.25, 0.3) is 10.8 Å². The van der Waals surface area contributed by atoms with E-state index in [1.54, 1.807) is 74.7 Å². The van der Waals surface area contributed by atoms with Crippen molar-refractivity contribution in [3.05, 3.63) is 114 Å². The summed E-state index contributed by atoms with van der Waals surface area (Å²) in [5.41, 5.74) is 12.6. The van der Waals surface area contributed by atoms with Crippen molar-refractivity contribution < 1.29 is 63.5 Å². The number of aliphatic imine (C=N–C) groups is 1. The molecule has 386 valence electrons. The summed E-state index contributed by atoms with van der Waals surface area (Å²) >= 11 is 0. The fourth-order valence-corrected chi connectivity index (χ4v) is 7.17. The highest BCUT2D eigenvalue weighted by Gasteiger charge is 2.32. The number of aliphatic carboxylic acids is 1. The molecule has 0 radical (unpaired) electrons. The van der Waals surface area contributed by atoms with Crippen molar-refractivity contribution in [2.45, 2.75) is 74.8 Å². The number of benzene rings is 4. The normalized spacial score (nSPS) is 13.8. The number of aliphatic hydroxyl groups is 3. The van der Waals surface area contributed by atoms with Gasteiger partial charge in [-0.05, 0) is 59.4 Å². The molecule has 0 bridgehead atoms. The summed E-state index contributed by atoms with van der Waals surface area (Å²) in [6.45, 7) is -2.11. The molecule has 0 spiro atoms. The molecule has 0 fully saturated rings. The van der Waals surface area contributed by atoms with Gasteiger partial charge in [0.1, 0.15) is 42.0 Å². The van der Waals surface area contributed by atoms with E-state index in [4.69, 9.17) is 16.2 Å². The molecule has 0 saturated heterocycles. The Morgan fingerprint density at radius 3 is 1.54 bits per heavy atom. The Bertz CT molecular complexity index is 2530. The summed E-state index contributed by atoms with van der Waals surface area (Å²) in [6, 6.07) is 19.5. The minimum absolute atomic E-state index is 0.0454.